The molecule has 1 saturated heterocycles. The van der Waals surface area contributed by atoms with E-state index in [1.165, 1.54) is 0 Å². The molecule has 1 aliphatic rings. The van der Waals surface area contributed by atoms with E-state index in [0.717, 1.165) is 19.6 Å². The van der Waals surface area contributed by atoms with Crippen molar-refractivity contribution in [2.45, 2.75) is 6.23 Å². The summed E-state index contributed by atoms with van der Waals surface area (Å²) in [6, 6.07) is 0. The molecule has 0 aromatic rings. The van der Waals surface area contributed by atoms with Gasteiger partial charge in [0.2, 0.25) is 0 Å². The number of hydrogen-bond acceptors (Lipinski definition) is 4. The Kier molecular flexibility index (Phi) is 3.26. The molecule has 0 aromatic heterocycles. The van der Waals surface area contributed by atoms with Gasteiger partial charge in [-0.2, -0.15) is 5.06 Å². The molecule has 0 saturated carbocycles. The van der Waals surface area contributed by atoms with Gasteiger partial charge in [-0.15, -0.1) is 0 Å². The van der Waals surface area contributed by atoms with Gasteiger partial charge < -0.3 is 9.64 Å². The van der Waals surface area contributed by atoms with Crippen molar-refractivity contribution in [2.24, 2.45) is 0 Å². The maximum Gasteiger partial charge on any atom is 0.145 e. The van der Waals surface area contributed by atoms with Crippen LogP contribution in [-0.4, -0.2) is 57.1 Å². The molecule has 1 aliphatic heterocycles. The molecule has 4 nitrogen and oxygen atoms in total. The number of likely N-dealkylation sites (N-methyl/N-ethyl adjacent to an activating group) is 1. The van der Waals surface area contributed by atoms with Gasteiger partial charge in [0.05, 0.1) is 7.11 Å². The highest BCUT2D eigenvalue weighted by molar-refractivity contribution is 4.68. The molecule has 0 spiro atoms. The van der Waals surface area contributed by atoms with Crippen LogP contribution >= 0.6 is 0 Å². The highest BCUT2D eigenvalue weighted by Crippen LogP contribution is 2.07. The third-order valence-corrected chi connectivity index (χ3v) is 2.00. The SMILES string of the molecule is COC1CN(C)CCN1OC. The first-order valence-electron chi connectivity index (χ1n) is 3.80. The van der Waals surface area contributed by atoms with E-state index in [2.05, 4.69) is 11.9 Å². The molecule has 0 aromatic carbocycles. The maximum absolute atomic E-state index is 5.22. The van der Waals surface area contributed by atoms with E-state index < -0.39 is 0 Å². The van der Waals surface area contributed by atoms with Crippen LogP contribution in [0.15, 0.2) is 0 Å². The van der Waals surface area contributed by atoms with Crippen LogP contribution < -0.4 is 0 Å². The first-order chi connectivity index (χ1) is 5.27. The van der Waals surface area contributed by atoms with E-state index in [-0.39, 0.29) is 6.23 Å². The molecule has 1 heterocycles. The zero-order chi connectivity index (χ0) is 8.27. The Morgan fingerprint density at radius 2 is 2.00 bits per heavy atom. The van der Waals surface area contributed by atoms with Crippen LogP contribution in [0.25, 0.3) is 0 Å². The van der Waals surface area contributed by atoms with Crippen molar-refractivity contribution in [3.8, 4) is 0 Å². The topological polar surface area (TPSA) is 24.9 Å². The lowest BCUT2D eigenvalue weighted by Crippen LogP contribution is -2.51. The largest absolute Gasteiger partial charge is 0.363 e. The van der Waals surface area contributed by atoms with Gasteiger partial charge in [-0.05, 0) is 7.05 Å². The van der Waals surface area contributed by atoms with Crippen molar-refractivity contribution in [1.82, 2.24) is 9.96 Å². The summed E-state index contributed by atoms with van der Waals surface area (Å²) in [5.41, 5.74) is 0. The van der Waals surface area contributed by atoms with E-state index in [0.29, 0.717) is 0 Å². The van der Waals surface area contributed by atoms with Gasteiger partial charge in [0.15, 0.2) is 0 Å². The van der Waals surface area contributed by atoms with E-state index in [1.54, 1.807) is 14.2 Å². The lowest BCUT2D eigenvalue weighted by atomic mass is 10.3. The normalized spacial score (nSPS) is 29.2. The molecule has 1 rings (SSSR count). The van der Waals surface area contributed by atoms with Gasteiger partial charge in [0.25, 0.3) is 0 Å². The second-order valence-corrected chi connectivity index (χ2v) is 2.78. The highest BCUT2D eigenvalue weighted by atomic mass is 16.7. The van der Waals surface area contributed by atoms with Crippen LogP contribution in [0, 0.1) is 0 Å². The molecule has 0 N–H and O–H groups in total. The summed E-state index contributed by atoms with van der Waals surface area (Å²) in [5.74, 6) is 0. The quantitative estimate of drug-likeness (QED) is 0.557. The molecular weight excluding hydrogens is 144 g/mol. The average molecular weight is 160 g/mol. The monoisotopic (exact) mass is 160 g/mol. The lowest BCUT2D eigenvalue weighted by molar-refractivity contribution is -0.248. The van der Waals surface area contributed by atoms with Gasteiger partial charge in [0.1, 0.15) is 6.23 Å². The predicted octanol–water partition coefficient (Wildman–Crippen LogP) is -0.232. The summed E-state index contributed by atoms with van der Waals surface area (Å²) in [7, 11) is 5.46. The van der Waals surface area contributed by atoms with Gasteiger partial charge >= 0.3 is 0 Å². The van der Waals surface area contributed by atoms with E-state index in [4.69, 9.17) is 9.57 Å². The third-order valence-electron chi connectivity index (χ3n) is 2.00. The summed E-state index contributed by atoms with van der Waals surface area (Å²) >= 11 is 0. The van der Waals surface area contributed by atoms with Gasteiger partial charge in [-0.3, -0.25) is 4.84 Å². The Balaban J connectivity index is 2.41. The van der Waals surface area contributed by atoms with Crippen molar-refractivity contribution in [3.63, 3.8) is 0 Å². The minimum absolute atomic E-state index is 0.0822. The predicted molar refractivity (Wildman–Crippen MR) is 42.0 cm³/mol. The standard InChI is InChI=1S/C7H16N2O2/c1-8-4-5-9(11-3)7(6-8)10-2/h7H,4-6H2,1-3H3. The second kappa shape index (κ2) is 4.01. The minimum atomic E-state index is 0.0822. The van der Waals surface area contributed by atoms with E-state index >= 15 is 0 Å². The molecule has 66 valence electrons. The summed E-state index contributed by atoms with van der Waals surface area (Å²) in [5, 5.41) is 1.86. The van der Waals surface area contributed by atoms with Crippen LogP contribution in [0.1, 0.15) is 0 Å². The van der Waals surface area contributed by atoms with Crippen LogP contribution in [-0.2, 0) is 9.57 Å². The Bertz CT molecular complexity index is 121. The van der Waals surface area contributed by atoms with Crippen molar-refractivity contribution in [2.75, 3.05) is 40.9 Å². The van der Waals surface area contributed by atoms with Gasteiger partial charge in [-0.1, -0.05) is 0 Å². The van der Waals surface area contributed by atoms with Crippen molar-refractivity contribution in [3.05, 3.63) is 0 Å². The minimum Gasteiger partial charge on any atom is -0.363 e. The number of hydroxylamine groups is 2. The number of ether oxygens (including phenoxy) is 1. The summed E-state index contributed by atoms with van der Waals surface area (Å²) in [6.45, 7) is 2.85. The summed E-state index contributed by atoms with van der Waals surface area (Å²) in [4.78, 5) is 7.35. The van der Waals surface area contributed by atoms with Crippen LogP contribution in [0.4, 0.5) is 0 Å². The first kappa shape index (κ1) is 8.93. The summed E-state index contributed by atoms with van der Waals surface area (Å²) < 4.78 is 5.22. The number of methoxy groups -OCH3 is 1. The van der Waals surface area contributed by atoms with Crippen molar-refractivity contribution >= 4 is 0 Å². The molecular formula is C7H16N2O2. The Labute approximate surface area is 67.6 Å². The average Bonchev–Trinajstić information content (AvgIpc) is 2.04. The Morgan fingerprint density at radius 3 is 2.55 bits per heavy atom. The molecule has 1 atom stereocenters. The van der Waals surface area contributed by atoms with E-state index in [9.17, 15) is 0 Å². The van der Waals surface area contributed by atoms with Crippen LogP contribution in [0.3, 0.4) is 0 Å². The highest BCUT2D eigenvalue weighted by Gasteiger charge is 2.24. The molecule has 11 heavy (non-hydrogen) atoms. The van der Waals surface area contributed by atoms with Gasteiger partial charge in [-0.25, -0.2) is 0 Å². The number of hydrogen-bond donors (Lipinski definition) is 0. The number of nitrogens with zero attached hydrogens (tertiary/aromatic N) is 2. The fourth-order valence-electron chi connectivity index (χ4n) is 1.26. The zero-order valence-electron chi connectivity index (χ0n) is 7.41. The molecule has 4 heteroatoms. The van der Waals surface area contributed by atoms with Crippen LogP contribution in [0.2, 0.25) is 0 Å². The van der Waals surface area contributed by atoms with E-state index in [1.807, 2.05) is 5.06 Å². The second-order valence-electron chi connectivity index (χ2n) is 2.78. The fraction of sp³-hybridized carbons (Fsp3) is 1.00. The van der Waals surface area contributed by atoms with Gasteiger partial charge in [0, 0.05) is 26.7 Å². The number of piperazine rings is 1. The first-order valence-corrected chi connectivity index (χ1v) is 3.80. The molecule has 1 unspecified atom stereocenters. The molecule has 1 fully saturated rings. The zero-order valence-corrected chi connectivity index (χ0v) is 7.41. The third kappa shape index (κ3) is 2.13. The molecule has 0 amide bonds. The fourth-order valence-corrected chi connectivity index (χ4v) is 1.26. The Hall–Kier alpha value is -0.160. The molecule has 0 radical (unpaired) electrons. The van der Waals surface area contributed by atoms with Crippen LogP contribution in [0.5, 0.6) is 0 Å². The lowest BCUT2D eigenvalue weighted by Gasteiger charge is -2.36. The summed E-state index contributed by atoms with van der Waals surface area (Å²) in [6.07, 6.45) is 0.0822. The number of rotatable bonds is 2. The van der Waals surface area contributed by atoms with Crippen molar-refractivity contribution in [1.29, 1.82) is 0 Å². The Morgan fingerprint density at radius 1 is 1.27 bits per heavy atom. The smallest absolute Gasteiger partial charge is 0.145 e. The van der Waals surface area contributed by atoms with Crippen molar-refractivity contribution < 1.29 is 9.57 Å². The molecule has 0 aliphatic carbocycles. The molecule has 0 bridgehead atoms. The maximum atomic E-state index is 5.22.